The number of pyridine rings is 1. The number of ether oxygens (including phenoxy) is 2. The number of hydrogen-bond acceptors (Lipinski definition) is 5. The summed E-state index contributed by atoms with van der Waals surface area (Å²) < 4.78 is 13.2. The fraction of sp³-hybridized carbons (Fsp3) is 0.333. The number of fused-ring (bicyclic) bond motifs is 1. The molecule has 1 unspecified atom stereocenters. The molecule has 1 fully saturated rings. The first-order valence-corrected chi connectivity index (χ1v) is 9.45. The van der Waals surface area contributed by atoms with Crippen LogP contribution in [0.5, 0.6) is 11.5 Å². The first-order valence-electron chi connectivity index (χ1n) is 9.45. The van der Waals surface area contributed by atoms with Gasteiger partial charge in [0, 0.05) is 31.2 Å². The van der Waals surface area contributed by atoms with Gasteiger partial charge in [0.1, 0.15) is 13.2 Å². The number of hydrogen-bond donors (Lipinski definition) is 0. The van der Waals surface area contributed by atoms with E-state index in [2.05, 4.69) is 33.2 Å². The van der Waals surface area contributed by atoms with Gasteiger partial charge in [-0.3, -0.25) is 4.90 Å². The third-order valence-electron chi connectivity index (χ3n) is 5.25. The van der Waals surface area contributed by atoms with Crippen LogP contribution in [0.15, 0.2) is 55.0 Å². The summed E-state index contributed by atoms with van der Waals surface area (Å²) >= 11 is 0. The van der Waals surface area contributed by atoms with Crippen LogP contribution in [-0.2, 0) is 6.54 Å². The molecule has 6 nitrogen and oxygen atoms in total. The van der Waals surface area contributed by atoms with Crippen molar-refractivity contribution in [2.24, 2.45) is 0 Å². The molecule has 138 valence electrons. The van der Waals surface area contributed by atoms with Crippen molar-refractivity contribution in [2.75, 3.05) is 19.8 Å². The lowest BCUT2D eigenvalue weighted by atomic mass is 10.0. The minimum Gasteiger partial charge on any atom is -0.486 e. The summed E-state index contributed by atoms with van der Waals surface area (Å²) in [5.41, 5.74) is 2.52. The van der Waals surface area contributed by atoms with E-state index in [0.717, 1.165) is 30.4 Å². The molecule has 0 N–H and O–H groups in total. The van der Waals surface area contributed by atoms with Crippen molar-refractivity contribution in [1.82, 2.24) is 19.7 Å². The minimum absolute atomic E-state index is 0.409. The maximum absolute atomic E-state index is 5.76. The topological polar surface area (TPSA) is 52.4 Å². The second kappa shape index (κ2) is 7.04. The summed E-state index contributed by atoms with van der Waals surface area (Å²) in [6.45, 7) is 3.24. The maximum atomic E-state index is 5.76. The van der Waals surface area contributed by atoms with Crippen molar-refractivity contribution >= 4 is 0 Å². The summed E-state index contributed by atoms with van der Waals surface area (Å²) in [6.07, 6.45) is 7.99. The summed E-state index contributed by atoms with van der Waals surface area (Å²) in [5, 5.41) is 4.23. The van der Waals surface area contributed by atoms with Crippen LogP contribution < -0.4 is 9.47 Å². The molecule has 0 aliphatic carbocycles. The Morgan fingerprint density at radius 3 is 2.81 bits per heavy atom. The molecule has 1 saturated heterocycles. The predicted molar refractivity (Wildman–Crippen MR) is 101 cm³/mol. The first kappa shape index (κ1) is 16.3. The Morgan fingerprint density at radius 1 is 1.07 bits per heavy atom. The van der Waals surface area contributed by atoms with Gasteiger partial charge in [-0.05, 0) is 54.8 Å². The van der Waals surface area contributed by atoms with E-state index in [4.69, 9.17) is 9.47 Å². The van der Waals surface area contributed by atoms with Gasteiger partial charge in [0.05, 0.1) is 0 Å². The maximum Gasteiger partial charge on any atom is 0.161 e. The van der Waals surface area contributed by atoms with E-state index in [-0.39, 0.29) is 0 Å². The quantitative estimate of drug-likeness (QED) is 0.712. The highest BCUT2D eigenvalue weighted by molar-refractivity contribution is 5.45. The monoisotopic (exact) mass is 362 g/mol. The molecule has 27 heavy (non-hydrogen) atoms. The second-order valence-corrected chi connectivity index (χ2v) is 7.01. The lowest BCUT2D eigenvalue weighted by Crippen LogP contribution is -2.23. The third kappa shape index (κ3) is 3.28. The number of nitrogens with zero attached hydrogens (tertiary/aromatic N) is 4. The Balaban J connectivity index is 1.33. The zero-order chi connectivity index (χ0) is 18.1. The highest BCUT2D eigenvalue weighted by Crippen LogP contribution is 2.38. The Hall–Kier alpha value is -2.86. The average molecular weight is 362 g/mol. The zero-order valence-electron chi connectivity index (χ0n) is 15.1. The summed E-state index contributed by atoms with van der Waals surface area (Å²) in [5.74, 6) is 2.57. The standard InChI is InChI=1S/C21H22N4O2/c1-3-18(17-5-6-19-20(13-17)27-12-11-26-19)24(9-1)15-16-4-7-21(22-14-16)25-10-2-8-23-25/h2,4-8,10,13-14,18H,1,3,9,11-12,15H2. The highest BCUT2D eigenvalue weighted by atomic mass is 16.6. The number of benzene rings is 1. The van der Waals surface area contributed by atoms with Gasteiger partial charge >= 0.3 is 0 Å². The van der Waals surface area contributed by atoms with E-state index in [1.54, 1.807) is 10.9 Å². The van der Waals surface area contributed by atoms with Crippen molar-refractivity contribution in [3.8, 4) is 17.3 Å². The molecule has 6 heteroatoms. The van der Waals surface area contributed by atoms with Crippen LogP contribution in [0.1, 0.15) is 30.0 Å². The summed E-state index contributed by atoms with van der Waals surface area (Å²) in [4.78, 5) is 7.08. The molecule has 2 aliphatic rings. The third-order valence-corrected chi connectivity index (χ3v) is 5.25. The van der Waals surface area contributed by atoms with Gasteiger partial charge in [-0.25, -0.2) is 9.67 Å². The molecule has 0 bridgehead atoms. The van der Waals surface area contributed by atoms with E-state index in [1.807, 2.05) is 30.6 Å². The normalized spacial score (nSPS) is 19.3. The van der Waals surface area contributed by atoms with Gasteiger partial charge < -0.3 is 9.47 Å². The van der Waals surface area contributed by atoms with Gasteiger partial charge in [0.15, 0.2) is 17.3 Å². The molecule has 1 atom stereocenters. The van der Waals surface area contributed by atoms with E-state index in [1.165, 1.54) is 24.0 Å². The highest BCUT2D eigenvalue weighted by Gasteiger charge is 2.27. The van der Waals surface area contributed by atoms with Crippen molar-refractivity contribution < 1.29 is 9.47 Å². The number of aromatic nitrogens is 3. The van der Waals surface area contributed by atoms with Gasteiger partial charge in [-0.15, -0.1) is 0 Å². The van der Waals surface area contributed by atoms with E-state index in [9.17, 15) is 0 Å². The smallest absolute Gasteiger partial charge is 0.161 e. The summed E-state index contributed by atoms with van der Waals surface area (Å²) in [7, 11) is 0. The molecule has 0 spiro atoms. The fourth-order valence-corrected chi connectivity index (χ4v) is 3.94. The first-order chi connectivity index (χ1) is 13.4. The van der Waals surface area contributed by atoms with Crippen LogP contribution in [0.2, 0.25) is 0 Å². The van der Waals surface area contributed by atoms with Crippen molar-refractivity contribution in [3.05, 3.63) is 66.1 Å². The Kier molecular flexibility index (Phi) is 4.26. The molecule has 3 aromatic rings. The van der Waals surface area contributed by atoms with Crippen LogP contribution in [0.25, 0.3) is 5.82 Å². The lowest BCUT2D eigenvalue weighted by Gasteiger charge is -2.26. The molecule has 2 aromatic heterocycles. The molecule has 5 rings (SSSR count). The van der Waals surface area contributed by atoms with Gasteiger partial charge in [0.25, 0.3) is 0 Å². The van der Waals surface area contributed by atoms with Crippen LogP contribution >= 0.6 is 0 Å². The Bertz CT molecular complexity index is 908. The van der Waals surface area contributed by atoms with E-state index >= 15 is 0 Å². The van der Waals surface area contributed by atoms with Gasteiger partial charge in [0.2, 0.25) is 0 Å². The predicted octanol–water partition coefficient (Wildman–Crippen LogP) is 3.38. The SMILES string of the molecule is c1cnn(-c2ccc(CN3CCCC3c3ccc4c(c3)OCCO4)cn2)c1. The minimum atomic E-state index is 0.409. The Morgan fingerprint density at radius 2 is 2.00 bits per heavy atom. The summed E-state index contributed by atoms with van der Waals surface area (Å²) in [6, 6.07) is 12.8. The molecule has 0 radical (unpaired) electrons. The van der Waals surface area contributed by atoms with E-state index in [0.29, 0.717) is 19.3 Å². The van der Waals surface area contributed by atoms with Crippen molar-refractivity contribution in [3.63, 3.8) is 0 Å². The van der Waals surface area contributed by atoms with Crippen LogP contribution in [-0.4, -0.2) is 39.4 Å². The molecular weight excluding hydrogens is 340 g/mol. The largest absolute Gasteiger partial charge is 0.486 e. The molecule has 1 aromatic carbocycles. The van der Waals surface area contributed by atoms with Gasteiger partial charge in [-0.1, -0.05) is 12.1 Å². The number of rotatable bonds is 4. The van der Waals surface area contributed by atoms with Gasteiger partial charge in [-0.2, -0.15) is 5.10 Å². The average Bonchev–Trinajstić information content (AvgIpc) is 3.40. The zero-order valence-corrected chi connectivity index (χ0v) is 15.1. The van der Waals surface area contributed by atoms with Crippen LogP contribution in [0, 0.1) is 0 Å². The lowest BCUT2D eigenvalue weighted by molar-refractivity contribution is 0.170. The molecule has 0 amide bonds. The molecular formula is C21H22N4O2. The molecule has 0 saturated carbocycles. The Labute approximate surface area is 158 Å². The molecule has 4 heterocycles. The van der Waals surface area contributed by atoms with Crippen molar-refractivity contribution in [2.45, 2.75) is 25.4 Å². The second-order valence-electron chi connectivity index (χ2n) is 7.01. The van der Waals surface area contributed by atoms with E-state index < -0.39 is 0 Å². The number of likely N-dealkylation sites (tertiary alicyclic amines) is 1. The molecule has 2 aliphatic heterocycles. The van der Waals surface area contributed by atoms with Crippen LogP contribution in [0.4, 0.5) is 0 Å². The van der Waals surface area contributed by atoms with Crippen molar-refractivity contribution in [1.29, 1.82) is 0 Å². The van der Waals surface area contributed by atoms with Crippen LogP contribution in [0.3, 0.4) is 0 Å². The fourth-order valence-electron chi connectivity index (χ4n) is 3.94.